The Balaban J connectivity index is 2.98. The van der Waals surface area contributed by atoms with Crippen LogP contribution in [0.4, 0.5) is 0 Å². The second-order valence-corrected chi connectivity index (χ2v) is 2.63. The number of H-pyrrole nitrogens is 1. The van der Waals surface area contributed by atoms with Crippen LogP contribution < -0.4 is 5.73 Å². The third-order valence-electron chi connectivity index (χ3n) is 1.60. The van der Waals surface area contributed by atoms with Crippen molar-refractivity contribution >= 4 is 11.9 Å². The Morgan fingerprint density at radius 1 is 1.57 bits per heavy atom. The number of aryl methyl sites for hydroxylation is 1. The van der Waals surface area contributed by atoms with E-state index in [0.717, 1.165) is 0 Å². The Kier molecular flexibility index (Phi) is 2.85. The van der Waals surface area contributed by atoms with Gasteiger partial charge >= 0.3 is 5.97 Å². The molecule has 0 unspecified atom stereocenters. The van der Waals surface area contributed by atoms with E-state index < -0.39 is 11.9 Å². The Bertz CT molecular complexity index is 370. The van der Waals surface area contributed by atoms with E-state index in [9.17, 15) is 9.59 Å². The molecule has 6 nitrogen and oxygen atoms in total. The predicted molar refractivity (Wildman–Crippen MR) is 47.8 cm³/mol. The van der Waals surface area contributed by atoms with E-state index in [-0.39, 0.29) is 18.1 Å². The smallest absolute Gasteiger partial charge is 0.356 e. The van der Waals surface area contributed by atoms with Crippen LogP contribution in [0.1, 0.15) is 33.7 Å². The molecule has 1 rings (SSSR count). The van der Waals surface area contributed by atoms with Crippen molar-refractivity contribution in [3.05, 3.63) is 17.2 Å². The van der Waals surface area contributed by atoms with Crippen molar-refractivity contribution in [1.29, 1.82) is 0 Å². The molecule has 1 heterocycles. The second-order valence-electron chi connectivity index (χ2n) is 2.63. The molecule has 6 heteroatoms. The maximum absolute atomic E-state index is 11.3. The molecule has 0 saturated carbocycles. The lowest BCUT2D eigenvalue weighted by atomic mass is 10.3. The highest BCUT2D eigenvalue weighted by molar-refractivity contribution is 5.93. The van der Waals surface area contributed by atoms with Crippen molar-refractivity contribution in [2.24, 2.45) is 5.73 Å². The van der Waals surface area contributed by atoms with Crippen LogP contribution in [0.25, 0.3) is 0 Å². The fourth-order valence-corrected chi connectivity index (χ4v) is 0.979. The molecule has 1 aromatic rings. The van der Waals surface area contributed by atoms with Crippen LogP contribution in [0, 0.1) is 6.92 Å². The van der Waals surface area contributed by atoms with E-state index in [1.165, 1.54) is 0 Å². The summed E-state index contributed by atoms with van der Waals surface area (Å²) in [5.74, 6) is -1.28. The molecule has 0 bridgehead atoms. The first-order chi connectivity index (χ1) is 6.56. The summed E-state index contributed by atoms with van der Waals surface area (Å²) in [7, 11) is 0. The summed E-state index contributed by atoms with van der Waals surface area (Å²) in [4.78, 5) is 28.3. The number of rotatable bonds is 3. The minimum Gasteiger partial charge on any atom is -0.461 e. The maximum Gasteiger partial charge on any atom is 0.356 e. The Morgan fingerprint density at radius 2 is 2.21 bits per heavy atom. The van der Waals surface area contributed by atoms with Gasteiger partial charge in [-0.1, -0.05) is 0 Å². The van der Waals surface area contributed by atoms with Crippen LogP contribution in [0.15, 0.2) is 0 Å². The fourth-order valence-electron chi connectivity index (χ4n) is 0.979. The number of primary amides is 1. The molecular weight excluding hydrogens is 186 g/mol. The Labute approximate surface area is 80.5 Å². The molecule has 1 aromatic heterocycles. The van der Waals surface area contributed by atoms with Crippen LogP contribution in [-0.2, 0) is 4.74 Å². The lowest BCUT2D eigenvalue weighted by molar-refractivity contribution is 0.0519. The molecule has 0 aliphatic rings. The third-order valence-corrected chi connectivity index (χ3v) is 1.60. The number of nitrogens with two attached hydrogens (primary N) is 1. The van der Waals surface area contributed by atoms with Crippen molar-refractivity contribution in [1.82, 2.24) is 9.97 Å². The molecule has 0 radical (unpaired) electrons. The van der Waals surface area contributed by atoms with Gasteiger partial charge in [-0.25, -0.2) is 9.78 Å². The Hall–Kier alpha value is -1.85. The fraction of sp³-hybridized carbons (Fsp3) is 0.375. The number of nitrogens with one attached hydrogen (secondary N) is 1. The first-order valence-electron chi connectivity index (χ1n) is 4.09. The number of amides is 1. The molecule has 1 amide bonds. The van der Waals surface area contributed by atoms with Gasteiger partial charge in [0, 0.05) is 0 Å². The monoisotopic (exact) mass is 197 g/mol. The normalized spacial score (nSPS) is 9.86. The number of aromatic amines is 1. The Morgan fingerprint density at radius 3 is 2.64 bits per heavy atom. The van der Waals surface area contributed by atoms with Crippen molar-refractivity contribution in [3.8, 4) is 0 Å². The topological polar surface area (TPSA) is 98.1 Å². The van der Waals surface area contributed by atoms with Crippen molar-refractivity contribution in [2.45, 2.75) is 13.8 Å². The van der Waals surface area contributed by atoms with Crippen molar-refractivity contribution in [3.63, 3.8) is 0 Å². The number of carbonyl (C=O) groups is 2. The van der Waals surface area contributed by atoms with Crippen LogP contribution in [0.2, 0.25) is 0 Å². The minimum atomic E-state index is -0.705. The first kappa shape index (κ1) is 10.2. The number of aromatic nitrogens is 2. The lowest BCUT2D eigenvalue weighted by Crippen LogP contribution is -2.13. The average Bonchev–Trinajstić information content (AvgIpc) is 2.48. The number of hydrogen-bond acceptors (Lipinski definition) is 4. The molecule has 0 saturated heterocycles. The summed E-state index contributed by atoms with van der Waals surface area (Å²) in [6, 6.07) is 0. The van der Waals surface area contributed by atoms with Gasteiger partial charge in [-0.05, 0) is 13.8 Å². The van der Waals surface area contributed by atoms with Gasteiger partial charge < -0.3 is 15.5 Å². The highest BCUT2D eigenvalue weighted by Gasteiger charge is 2.17. The van der Waals surface area contributed by atoms with E-state index in [4.69, 9.17) is 10.5 Å². The van der Waals surface area contributed by atoms with Crippen LogP contribution in [0.3, 0.4) is 0 Å². The van der Waals surface area contributed by atoms with Gasteiger partial charge in [0.05, 0.1) is 12.3 Å². The van der Waals surface area contributed by atoms with Gasteiger partial charge in [0.1, 0.15) is 5.69 Å². The maximum atomic E-state index is 11.3. The highest BCUT2D eigenvalue weighted by atomic mass is 16.5. The summed E-state index contributed by atoms with van der Waals surface area (Å²) in [5, 5.41) is 0. The predicted octanol–water partition coefficient (Wildman–Crippen LogP) is -0.00628. The summed E-state index contributed by atoms with van der Waals surface area (Å²) >= 11 is 0. The van der Waals surface area contributed by atoms with Crippen LogP contribution in [-0.4, -0.2) is 28.5 Å². The van der Waals surface area contributed by atoms with Crippen molar-refractivity contribution in [2.75, 3.05) is 6.61 Å². The second kappa shape index (κ2) is 3.91. The highest BCUT2D eigenvalue weighted by Crippen LogP contribution is 2.06. The SMILES string of the molecule is CCOC(=O)c1[nH]c(C(N)=O)nc1C. The van der Waals surface area contributed by atoms with Gasteiger partial charge in [0.15, 0.2) is 5.82 Å². The lowest BCUT2D eigenvalue weighted by Gasteiger charge is -1.98. The molecule has 76 valence electrons. The van der Waals surface area contributed by atoms with Gasteiger partial charge in [-0.3, -0.25) is 4.79 Å². The third kappa shape index (κ3) is 1.90. The number of imidazole rings is 1. The summed E-state index contributed by atoms with van der Waals surface area (Å²) < 4.78 is 4.74. The molecule has 14 heavy (non-hydrogen) atoms. The zero-order valence-electron chi connectivity index (χ0n) is 7.96. The van der Waals surface area contributed by atoms with Gasteiger partial charge in [0.25, 0.3) is 5.91 Å². The quantitative estimate of drug-likeness (QED) is 0.666. The first-order valence-corrected chi connectivity index (χ1v) is 4.09. The van der Waals surface area contributed by atoms with E-state index >= 15 is 0 Å². The summed E-state index contributed by atoms with van der Waals surface area (Å²) in [6.07, 6.45) is 0. The molecule has 3 N–H and O–H groups in total. The molecule has 0 atom stereocenters. The van der Waals surface area contributed by atoms with Gasteiger partial charge in [-0.15, -0.1) is 0 Å². The molecular formula is C8H11N3O3. The van der Waals surface area contributed by atoms with E-state index in [1.54, 1.807) is 13.8 Å². The number of ether oxygens (including phenoxy) is 1. The molecule has 0 spiro atoms. The summed E-state index contributed by atoms with van der Waals surface area (Å²) in [6.45, 7) is 3.55. The summed E-state index contributed by atoms with van der Waals surface area (Å²) in [5.41, 5.74) is 5.55. The van der Waals surface area contributed by atoms with Gasteiger partial charge in [-0.2, -0.15) is 0 Å². The number of esters is 1. The zero-order chi connectivity index (χ0) is 10.7. The van der Waals surface area contributed by atoms with Crippen LogP contribution >= 0.6 is 0 Å². The van der Waals surface area contributed by atoms with Crippen molar-refractivity contribution < 1.29 is 14.3 Å². The van der Waals surface area contributed by atoms with E-state index in [0.29, 0.717) is 5.69 Å². The minimum absolute atomic E-state index is 0.0365. The van der Waals surface area contributed by atoms with Crippen LogP contribution in [0.5, 0.6) is 0 Å². The van der Waals surface area contributed by atoms with E-state index in [2.05, 4.69) is 9.97 Å². The van der Waals surface area contributed by atoms with E-state index in [1.807, 2.05) is 0 Å². The molecule has 0 aliphatic carbocycles. The largest absolute Gasteiger partial charge is 0.461 e. The average molecular weight is 197 g/mol. The number of carbonyl (C=O) groups excluding carboxylic acids is 2. The number of hydrogen-bond donors (Lipinski definition) is 2. The van der Waals surface area contributed by atoms with Gasteiger partial charge in [0.2, 0.25) is 0 Å². The number of nitrogens with zero attached hydrogens (tertiary/aromatic N) is 1. The molecule has 0 fully saturated rings. The standard InChI is InChI=1S/C8H11N3O3/c1-3-14-8(13)5-4(2)10-7(11-5)6(9)12/h3H2,1-2H3,(H2,9,12)(H,10,11). The zero-order valence-corrected chi connectivity index (χ0v) is 7.96. The molecule has 0 aromatic carbocycles. The molecule has 0 aliphatic heterocycles.